The Morgan fingerprint density at radius 2 is 1.62 bits per heavy atom. The zero-order valence-electron chi connectivity index (χ0n) is 12.8. The Balaban J connectivity index is 1.59. The van der Waals surface area contributed by atoms with E-state index < -0.39 is 5.25 Å². The fraction of sp³-hybridized carbons (Fsp3) is 0.167. The number of rotatable bonds is 5. The number of thioether (sulfide) groups is 1. The van der Waals surface area contributed by atoms with Crippen LogP contribution >= 0.6 is 11.8 Å². The molecule has 0 radical (unpaired) electrons. The van der Waals surface area contributed by atoms with Crippen molar-refractivity contribution in [2.45, 2.75) is 18.2 Å². The van der Waals surface area contributed by atoms with Crippen molar-refractivity contribution in [1.82, 2.24) is 5.32 Å². The molecule has 0 spiro atoms. The predicted molar refractivity (Wildman–Crippen MR) is 93.6 cm³/mol. The average molecular weight is 340 g/mol. The van der Waals surface area contributed by atoms with Crippen molar-refractivity contribution in [2.24, 2.45) is 0 Å². The van der Waals surface area contributed by atoms with E-state index in [-0.39, 0.29) is 23.5 Å². The number of nitrogens with zero attached hydrogens (tertiary/aromatic N) is 1. The summed E-state index contributed by atoms with van der Waals surface area (Å²) in [6.45, 7) is 0.404. The first-order valence-electron chi connectivity index (χ1n) is 7.55. The number of para-hydroxylation sites is 1. The molecule has 3 amide bonds. The maximum absolute atomic E-state index is 12.4. The molecule has 2 aromatic carbocycles. The molecule has 122 valence electrons. The SMILES string of the molecule is O=C(CC1SC(=O)N(c2ccccc2)C1=O)NCc1ccccc1. The Morgan fingerprint density at radius 3 is 2.29 bits per heavy atom. The molecule has 3 rings (SSSR count). The normalized spacial score (nSPS) is 17.2. The van der Waals surface area contributed by atoms with Gasteiger partial charge in [-0.15, -0.1) is 0 Å². The van der Waals surface area contributed by atoms with E-state index in [0.29, 0.717) is 12.2 Å². The molecule has 5 nitrogen and oxygen atoms in total. The number of amides is 3. The second-order valence-corrected chi connectivity index (χ2v) is 6.50. The highest BCUT2D eigenvalue weighted by Gasteiger charge is 2.41. The second-order valence-electron chi connectivity index (χ2n) is 5.35. The number of imide groups is 1. The quantitative estimate of drug-likeness (QED) is 0.909. The van der Waals surface area contributed by atoms with Crippen LogP contribution < -0.4 is 10.2 Å². The number of anilines is 1. The standard InChI is InChI=1S/C18H16N2O3S/c21-16(19-12-13-7-3-1-4-8-13)11-15-17(22)20(18(23)24-15)14-9-5-2-6-10-14/h1-10,15H,11-12H2,(H,19,21). The van der Waals surface area contributed by atoms with Crippen LogP contribution in [0.5, 0.6) is 0 Å². The van der Waals surface area contributed by atoms with Gasteiger partial charge in [-0.1, -0.05) is 48.5 Å². The van der Waals surface area contributed by atoms with Crippen LogP contribution in [0.15, 0.2) is 60.7 Å². The van der Waals surface area contributed by atoms with Gasteiger partial charge in [0, 0.05) is 13.0 Å². The molecular weight excluding hydrogens is 324 g/mol. The Morgan fingerprint density at radius 1 is 1.00 bits per heavy atom. The Kier molecular flexibility index (Phi) is 4.96. The summed E-state index contributed by atoms with van der Waals surface area (Å²) in [7, 11) is 0. The number of hydrogen-bond acceptors (Lipinski definition) is 4. The lowest BCUT2D eigenvalue weighted by atomic mass is 10.2. The third kappa shape index (κ3) is 3.65. The van der Waals surface area contributed by atoms with Crippen LogP contribution in [-0.2, 0) is 16.1 Å². The van der Waals surface area contributed by atoms with Gasteiger partial charge in [-0.25, -0.2) is 4.90 Å². The molecule has 0 saturated carbocycles. The van der Waals surface area contributed by atoms with E-state index in [9.17, 15) is 14.4 Å². The van der Waals surface area contributed by atoms with Crippen molar-refractivity contribution in [3.05, 3.63) is 66.2 Å². The molecule has 1 aliphatic heterocycles. The lowest BCUT2D eigenvalue weighted by Gasteiger charge is -2.13. The third-order valence-electron chi connectivity index (χ3n) is 3.64. The maximum atomic E-state index is 12.4. The molecule has 24 heavy (non-hydrogen) atoms. The van der Waals surface area contributed by atoms with Gasteiger partial charge in [0.1, 0.15) is 5.25 Å². The summed E-state index contributed by atoms with van der Waals surface area (Å²) >= 11 is 0.903. The molecule has 0 aromatic heterocycles. The van der Waals surface area contributed by atoms with E-state index in [1.807, 2.05) is 36.4 Å². The Hall–Kier alpha value is -2.60. The first-order valence-corrected chi connectivity index (χ1v) is 8.43. The van der Waals surface area contributed by atoms with Crippen molar-refractivity contribution < 1.29 is 14.4 Å². The summed E-state index contributed by atoms with van der Waals surface area (Å²) in [5.41, 5.74) is 1.52. The van der Waals surface area contributed by atoms with Gasteiger partial charge in [-0.05, 0) is 29.5 Å². The zero-order valence-corrected chi connectivity index (χ0v) is 13.7. The predicted octanol–water partition coefficient (Wildman–Crippen LogP) is 2.96. The average Bonchev–Trinajstić information content (AvgIpc) is 2.88. The first-order chi connectivity index (χ1) is 11.6. The fourth-order valence-electron chi connectivity index (χ4n) is 2.43. The lowest BCUT2D eigenvalue weighted by molar-refractivity contribution is -0.124. The van der Waals surface area contributed by atoms with Crippen LogP contribution in [0, 0.1) is 0 Å². The van der Waals surface area contributed by atoms with Gasteiger partial charge < -0.3 is 5.32 Å². The lowest BCUT2D eigenvalue weighted by Crippen LogP contribution is -2.34. The van der Waals surface area contributed by atoms with Crippen molar-refractivity contribution in [1.29, 1.82) is 0 Å². The summed E-state index contributed by atoms with van der Waals surface area (Å²) in [6.07, 6.45) is -0.00852. The maximum Gasteiger partial charge on any atom is 0.293 e. The fourth-order valence-corrected chi connectivity index (χ4v) is 3.42. The smallest absolute Gasteiger partial charge is 0.293 e. The third-order valence-corrected chi connectivity index (χ3v) is 4.68. The zero-order chi connectivity index (χ0) is 16.9. The topological polar surface area (TPSA) is 66.5 Å². The van der Waals surface area contributed by atoms with Gasteiger partial charge in [-0.2, -0.15) is 0 Å². The Bertz CT molecular complexity index is 749. The van der Waals surface area contributed by atoms with Crippen molar-refractivity contribution in [2.75, 3.05) is 4.90 Å². The largest absolute Gasteiger partial charge is 0.352 e. The van der Waals surface area contributed by atoms with E-state index in [4.69, 9.17) is 0 Å². The second kappa shape index (κ2) is 7.31. The number of hydrogen-bond donors (Lipinski definition) is 1. The van der Waals surface area contributed by atoms with E-state index in [1.54, 1.807) is 24.3 Å². The van der Waals surface area contributed by atoms with Crippen molar-refractivity contribution >= 4 is 34.5 Å². The molecule has 0 aliphatic carbocycles. The molecular formula is C18H16N2O3S. The molecule has 1 aliphatic rings. The van der Waals surface area contributed by atoms with Gasteiger partial charge >= 0.3 is 0 Å². The molecule has 1 heterocycles. The minimum absolute atomic E-state index is 0.00852. The van der Waals surface area contributed by atoms with E-state index in [0.717, 1.165) is 22.2 Å². The van der Waals surface area contributed by atoms with Gasteiger partial charge in [-0.3, -0.25) is 14.4 Å². The molecule has 1 fully saturated rings. The minimum Gasteiger partial charge on any atom is -0.352 e. The molecule has 0 bridgehead atoms. The molecule has 1 saturated heterocycles. The van der Waals surface area contributed by atoms with E-state index >= 15 is 0 Å². The van der Waals surface area contributed by atoms with Crippen LogP contribution in [0.4, 0.5) is 10.5 Å². The number of carbonyl (C=O) groups is 3. The molecule has 1 unspecified atom stereocenters. The van der Waals surface area contributed by atoms with Crippen LogP contribution in [0.3, 0.4) is 0 Å². The number of benzene rings is 2. The summed E-state index contributed by atoms with van der Waals surface area (Å²) in [4.78, 5) is 37.7. The van der Waals surface area contributed by atoms with Gasteiger partial charge in [0.05, 0.1) is 5.69 Å². The minimum atomic E-state index is -0.673. The van der Waals surface area contributed by atoms with E-state index in [2.05, 4.69) is 5.32 Å². The molecule has 6 heteroatoms. The number of nitrogens with one attached hydrogen (secondary N) is 1. The molecule has 1 atom stereocenters. The van der Waals surface area contributed by atoms with Gasteiger partial charge in [0.2, 0.25) is 11.8 Å². The van der Waals surface area contributed by atoms with Crippen molar-refractivity contribution in [3.8, 4) is 0 Å². The Labute approximate surface area is 144 Å². The van der Waals surface area contributed by atoms with Crippen LogP contribution in [-0.4, -0.2) is 22.3 Å². The van der Waals surface area contributed by atoms with Crippen LogP contribution in [0.25, 0.3) is 0 Å². The van der Waals surface area contributed by atoms with Crippen molar-refractivity contribution in [3.63, 3.8) is 0 Å². The number of carbonyl (C=O) groups excluding carboxylic acids is 3. The summed E-state index contributed by atoms with van der Waals surface area (Å²) in [5.74, 6) is -0.585. The van der Waals surface area contributed by atoms with Crippen LogP contribution in [0.1, 0.15) is 12.0 Å². The molecule has 1 N–H and O–H groups in total. The highest BCUT2D eigenvalue weighted by Crippen LogP contribution is 2.33. The van der Waals surface area contributed by atoms with Gasteiger partial charge in [0.15, 0.2) is 0 Å². The van der Waals surface area contributed by atoms with Crippen LogP contribution in [0.2, 0.25) is 0 Å². The van der Waals surface area contributed by atoms with E-state index in [1.165, 1.54) is 0 Å². The molecule has 2 aromatic rings. The highest BCUT2D eigenvalue weighted by atomic mass is 32.2. The summed E-state index contributed by atoms with van der Waals surface area (Å²) in [5, 5.41) is 1.77. The summed E-state index contributed by atoms with van der Waals surface area (Å²) < 4.78 is 0. The van der Waals surface area contributed by atoms with Gasteiger partial charge in [0.25, 0.3) is 5.24 Å². The summed E-state index contributed by atoms with van der Waals surface area (Å²) in [6, 6.07) is 18.3. The first kappa shape index (κ1) is 16.3. The highest BCUT2D eigenvalue weighted by molar-refractivity contribution is 8.15. The monoisotopic (exact) mass is 340 g/mol.